The fraction of sp³-hybridized carbons (Fsp3) is 0.306. The summed E-state index contributed by atoms with van der Waals surface area (Å²) in [7, 11) is -1.03. The third kappa shape index (κ3) is 9.06. The summed E-state index contributed by atoms with van der Waals surface area (Å²) < 4.78 is 56.9. The molecule has 0 bridgehead atoms. The first kappa shape index (κ1) is 35.2. The smallest absolute Gasteiger partial charge is 0.341 e. The van der Waals surface area contributed by atoms with Gasteiger partial charge in [0.1, 0.15) is 28.5 Å². The lowest BCUT2D eigenvalue weighted by atomic mass is 10.00. The Balaban J connectivity index is 1.36. The number of esters is 1. The lowest BCUT2D eigenvalue weighted by molar-refractivity contribution is -0.155. The molecule has 1 saturated heterocycles. The summed E-state index contributed by atoms with van der Waals surface area (Å²) in [5.74, 6) is 0.389. The average Bonchev–Trinajstić information content (AvgIpc) is 3.13. The number of sulfonamides is 1. The number of carbonyl (C=O) groups is 2. The van der Waals surface area contributed by atoms with E-state index in [-0.39, 0.29) is 23.7 Å². The number of hydrogen-bond donors (Lipinski definition) is 1. The number of pyridine rings is 1. The number of carboxylic acid groups (broad SMARTS) is 1. The first-order valence-electron chi connectivity index (χ1n) is 15.7. The van der Waals surface area contributed by atoms with Crippen LogP contribution in [0, 0.1) is 0 Å². The second kappa shape index (κ2) is 16.3. The normalized spacial score (nSPS) is 15.5. The number of benzene rings is 3. The summed E-state index contributed by atoms with van der Waals surface area (Å²) in [5.41, 5.74) is 1.46. The molecule has 0 amide bonds. The van der Waals surface area contributed by atoms with E-state index in [0.717, 1.165) is 5.56 Å². The number of piperidine rings is 1. The van der Waals surface area contributed by atoms with E-state index in [9.17, 15) is 18.0 Å². The summed E-state index contributed by atoms with van der Waals surface area (Å²) in [6.45, 7) is -0.401. The molecule has 3 aromatic carbocycles. The van der Waals surface area contributed by atoms with E-state index in [1.54, 1.807) is 56.7 Å². The summed E-state index contributed by atoms with van der Waals surface area (Å²) in [4.78, 5) is 29.1. The number of aliphatic carboxylic acids is 1. The maximum absolute atomic E-state index is 13.9. The number of hydrogen-bond acceptors (Lipinski definition) is 10. The molecule has 49 heavy (non-hydrogen) atoms. The number of methoxy groups -OCH3 is 2. The molecule has 0 spiro atoms. The molecule has 5 rings (SSSR count). The molecule has 1 aliphatic rings. The highest BCUT2D eigenvalue weighted by atomic mass is 32.2. The Bertz CT molecular complexity index is 1830. The first-order chi connectivity index (χ1) is 23.7. The van der Waals surface area contributed by atoms with Gasteiger partial charge in [-0.3, -0.25) is 4.79 Å². The zero-order chi connectivity index (χ0) is 34.8. The number of ether oxygens (including phenoxy) is 5. The number of carbonyl (C=O) groups excluding carboxylic acids is 1. The van der Waals surface area contributed by atoms with Crippen molar-refractivity contribution in [2.45, 2.75) is 49.1 Å². The summed E-state index contributed by atoms with van der Waals surface area (Å²) in [5, 5.41) is 9.08. The molecular weight excluding hydrogens is 652 g/mol. The van der Waals surface area contributed by atoms with Gasteiger partial charge in [0.2, 0.25) is 15.9 Å². The maximum atomic E-state index is 13.9. The quantitative estimate of drug-likeness (QED) is 0.150. The van der Waals surface area contributed by atoms with Gasteiger partial charge in [0.15, 0.2) is 18.1 Å². The van der Waals surface area contributed by atoms with Crippen molar-refractivity contribution in [2.24, 2.45) is 0 Å². The van der Waals surface area contributed by atoms with Crippen LogP contribution in [0.25, 0.3) is 0 Å². The van der Waals surface area contributed by atoms with Crippen molar-refractivity contribution in [3.8, 4) is 28.9 Å². The predicted octanol–water partition coefficient (Wildman–Crippen LogP) is 5.82. The predicted molar refractivity (Wildman–Crippen MR) is 179 cm³/mol. The summed E-state index contributed by atoms with van der Waals surface area (Å²) >= 11 is 0. The highest BCUT2D eigenvalue weighted by molar-refractivity contribution is 7.89. The number of aromatic nitrogens is 1. The minimum absolute atomic E-state index is 0.0686. The number of rotatable bonds is 15. The van der Waals surface area contributed by atoms with Crippen molar-refractivity contribution in [3.63, 3.8) is 0 Å². The van der Waals surface area contributed by atoms with E-state index < -0.39 is 40.7 Å². The highest BCUT2D eigenvalue weighted by Gasteiger charge is 2.39. The Morgan fingerprint density at radius 1 is 0.918 bits per heavy atom. The Hall–Kier alpha value is -5.14. The van der Waals surface area contributed by atoms with E-state index in [0.29, 0.717) is 54.2 Å². The maximum Gasteiger partial charge on any atom is 0.341 e. The van der Waals surface area contributed by atoms with Crippen molar-refractivity contribution in [1.82, 2.24) is 9.29 Å². The van der Waals surface area contributed by atoms with Crippen LogP contribution >= 0.6 is 0 Å². The Morgan fingerprint density at radius 3 is 2.41 bits per heavy atom. The third-order valence-electron chi connectivity index (χ3n) is 8.00. The van der Waals surface area contributed by atoms with Crippen molar-refractivity contribution in [2.75, 3.05) is 27.4 Å². The SMILES string of the molecule is COc1ccc(CC[C@@H](OC(=O)[C@@H]2CCCCN2S(=O)(=O)c2ccc(Oc3ccccc3)nc2)c2cccc(OCC(=O)O)c2)cc1OC. The molecular formula is C36H38N2O10S. The van der Waals surface area contributed by atoms with Crippen molar-refractivity contribution < 1.29 is 46.8 Å². The van der Waals surface area contributed by atoms with Crippen molar-refractivity contribution in [1.29, 1.82) is 0 Å². The largest absolute Gasteiger partial charge is 0.493 e. The molecule has 1 aromatic heterocycles. The Labute approximate surface area is 285 Å². The molecule has 2 heterocycles. The first-order valence-corrected chi connectivity index (χ1v) is 17.2. The van der Waals surface area contributed by atoms with E-state index in [1.807, 2.05) is 30.3 Å². The molecule has 4 aromatic rings. The van der Waals surface area contributed by atoms with Gasteiger partial charge < -0.3 is 28.8 Å². The van der Waals surface area contributed by atoms with Gasteiger partial charge in [-0.25, -0.2) is 18.2 Å². The molecule has 0 aliphatic carbocycles. The molecule has 1 aliphatic heterocycles. The molecule has 0 radical (unpaired) electrons. The number of carboxylic acids is 1. The number of para-hydroxylation sites is 1. The molecule has 13 heteroatoms. The second-order valence-electron chi connectivity index (χ2n) is 11.3. The van der Waals surface area contributed by atoms with Gasteiger partial charge in [0.05, 0.1) is 20.4 Å². The summed E-state index contributed by atoms with van der Waals surface area (Å²) in [6.07, 6.45) is 2.71. The van der Waals surface area contributed by atoms with Crippen LogP contribution in [0.15, 0.2) is 96.0 Å². The lowest BCUT2D eigenvalue weighted by Crippen LogP contribution is -2.48. The van der Waals surface area contributed by atoms with Crippen LogP contribution in [-0.4, -0.2) is 68.2 Å². The highest BCUT2D eigenvalue weighted by Crippen LogP contribution is 2.33. The molecule has 1 fully saturated rings. The zero-order valence-electron chi connectivity index (χ0n) is 27.2. The molecule has 258 valence electrons. The topological polar surface area (TPSA) is 151 Å². The average molecular weight is 691 g/mol. The monoisotopic (exact) mass is 690 g/mol. The van der Waals surface area contributed by atoms with Gasteiger partial charge in [-0.15, -0.1) is 0 Å². The van der Waals surface area contributed by atoms with Gasteiger partial charge in [0, 0.05) is 12.6 Å². The fourth-order valence-electron chi connectivity index (χ4n) is 5.55. The van der Waals surface area contributed by atoms with E-state index in [4.69, 9.17) is 28.8 Å². The van der Waals surface area contributed by atoms with Gasteiger partial charge in [-0.05, 0) is 85.7 Å². The van der Waals surface area contributed by atoms with Crippen LogP contribution in [0.4, 0.5) is 0 Å². The standard InChI is InChI=1S/C36H38N2O10S/c1-44-32-18-15-25(21-33(32)45-2)14-17-31(26-9-8-12-28(22-26)46-24-35(39)40)48-36(41)30-13-6-7-20-38(30)49(42,43)29-16-19-34(37-23-29)47-27-10-4-3-5-11-27/h3-5,8-12,15-16,18-19,21-23,30-31H,6-7,13-14,17,20,24H2,1-2H3,(H,39,40)/t30-,31+/m0/s1. The van der Waals surface area contributed by atoms with Crippen LogP contribution in [0.2, 0.25) is 0 Å². The molecule has 2 atom stereocenters. The van der Waals surface area contributed by atoms with E-state index >= 15 is 0 Å². The van der Waals surface area contributed by atoms with Crippen LogP contribution < -0.4 is 18.9 Å². The van der Waals surface area contributed by atoms with Crippen LogP contribution in [0.5, 0.6) is 28.9 Å². The molecule has 12 nitrogen and oxygen atoms in total. The van der Waals surface area contributed by atoms with Crippen LogP contribution in [0.3, 0.4) is 0 Å². The molecule has 1 N–H and O–H groups in total. The third-order valence-corrected chi connectivity index (χ3v) is 9.89. The Morgan fingerprint density at radius 2 is 1.69 bits per heavy atom. The van der Waals surface area contributed by atoms with Gasteiger partial charge in [-0.2, -0.15) is 4.31 Å². The molecule has 0 saturated carbocycles. The van der Waals surface area contributed by atoms with Crippen molar-refractivity contribution in [3.05, 3.63) is 102 Å². The molecule has 0 unspecified atom stereocenters. The second-order valence-corrected chi connectivity index (χ2v) is 13.2. The van der Waals surface area contributed by atoms with Crippen molar-refractivity contribution >= 4 is 22.0 Å². The number of aryl methyl sites for hydroxylation is 1. The Kier molecular flexibility index (Phi) is 11.7. The van der Waals surface area contributed by atoms with Crippen LogP contribution in [0.1, 0.15) is 42.9 Å². The van der Waals surface area contributed by atoms with Gasteiger partial charge in [-0.1, -0.05) is 36.4 Å². The van der Waals surface area contributed by atoms with E-state index in [2.05, 4.69) is 4.98 Å². The number of nitrogens with zero attached hydrogens (tertiary/aromatic N) is 2. The lowest BCUT2D eigenvalue weighted by Gasteiger charge is -2.34. The fourth-order valence-corrected chi connectivity index (χ4v) is 7.14. The van der Waals surface area contributed by atoms with Gasteiger partial charge >= 0.3 is 11.9 Å². The van der Waals surface area contributed by atoms with Gasteiger partial charge in [0.25, 0.3) is 0 Å². The van der Waals surface area contributed by atoms with Crippen LogP contribution in [-0.2, 0) is 30.8 Å². The van der Waals surface area contributed by atoms with E-state index in [1.165, 1.54) is 22.6 Å². The summed E-state index contributed by atoms with van der Waals surface area (Å²) in [6, 6.07) is 23.0. The minimum Gasteiger partial charge on any atom is -0.493 e. The minimum atomic E-state index is -4.13. The zero-order valence-corrected chi connectivity index (χ0v) is 28.0.